The summed E-state index contributed by atoms with van der Waals surface area (Å²) >= 11 is 0. The number of nitrogens with zero attached hydrogens (tertiary/aromatic N) is 2. The molecule has 0 aromatic carbocycles. The Kier molecular flexibility index (Phi) is 8.28. The van der Waals surface area contributed by atoms with Gasteiger partial charge in [0.15, 0.2) is 6.29 Å². The lowest BCUT2D eigenvalue weighted by molar-refractivity contribution is -0.248. The number of hydrogen-bond acceptors (Lipinski definition) is 8. The molecule has 8 rings (SSSR count). The Morgan fingerprint density at radius 1 is 1.12 bits per heavy atom. The molecule has 5 aliphatic carbocycles. The summed E-state index contributed by atoms with van der Waals surface area (Å²) in [5, 5.41) is 34.2. The summed E-state index contributed by atoms with van der Waals surface area (Å²) in [7, 11) is 0. The molecule has 3 N–H and O–H groups in total. The zero-order valence-electron chi connectivity index (χ0n) is 31.4. The summed E-state index contributed by atoms with van der Waals surface area (Å²) in [6.07, 6.45) is 9.65. The molecule has 1 aromatic rings. The van der Waals surface area contributed by atoms with Crippen LogP contribution in [0.3, 0.4) is 0 Å². The molecule has 1 aromatic heterocycles. The molecule has 1 amide bonds. The van der Waals surface area contributed by atoms with Crippen LogP contribution in [-0.4, -0.2) is 93.2 Å². The average molecular weight is 695 g/mol. The van der Waals surface area contributed by atoms with Gasteiger partial charge in [-0.25, -0.2) is 0 Å². The van der Waals surface area contributed by atoms with E-state index in [1.54, 1.807) is 26.2 Å². The van der Waals surface area contributed by atoms with Crippen LogP contribution in [0.15, 0.2) is 24.5 Å². The number of carbonyl (C=O) groups is 1. The second kappa shape index (κ2) is 11.7. The molecule has 6 unspecified atom stereocenters. The van der Waals surface area contributed by atoms with Crippen LogP contribution in [0.4, 0.5) is 0 Å². The highest BCUT2D eigenvalue weighted by molar-refractivity contribution is 5.78. The fourth-order valence-corrected chi connectivity index (χ4v) is 14.1. The monoisotopic (exact) mass is 694 g/mol. The Morgan fingerprint density at radius 2 is 1.86 bits per heavy atom. The molecular formula is C41H62N2O7. The zero-order valence-corrected chi connectivity index (χ0v) is 31.4. The van der Waals surface area contributed by atoms with E-state index in [2.05, 4.69) is 39.6 Å². The van der Waals surface area contributed by atoms with Crippen LogP contribution in [0.25, 0.3) is 0 Å². The zero-order chi connectivity index (χ0) is 35.6. The predicted octanol–water partition coefficient (Wildman–Crippen LogP) is 5.14. The highest BCUT2D eigenvalue weighted by atomic mass is 16.7. The summed E-state index contributed by atoms with van der Waals surface area (Å²) in [6.45, 7) is 16.8. The van der Waals surface area contributed by atoms with Crippen molar-refractivity contribution in [2.24, 2.45) is 50.7 Å². The van der Waals surface area contributed by atoms with Crippen LogP contribution >= 0.6 is 0 Å². The average Bonchev–Trinajstić information content (AvgIpc) is 3.70. The molecule has 5 saturated carbocycles. The first-order valence-electron chi connectivity index (χ1n) is 19.7. The van der Waals surface area contributed by atoms with Crippen LogP contribution in [0, 0.1) is 50.7 Å². The lowest BCUT2D eigenvalue weighted by Crippen LogP contribution is -2.60. The molecule has 0 bridgehead atoms. The van der Waals surface area contributed by atoms with Gasteiger partial charge >= 0.3 is 0 Å². The molecule has 3 heterocycles. The second-order valence-corrected chi connectivity index (χ2v) is 19.5. The fraction of sp³-hybridized carbons (Fsp3) is 0.854. The summed E-state index contributed by atoms with van der Waals surface area (Å²) in [5.74, 6) is 1.56. The first kappa shape index (κ1) is 35.4. The number of hydrogen-bond donors (Lipinski definition) is 3. The van der Waals surface area contributed by atoms with Gasteiger partial charge in [0.05, 0.1) is 49.6 Å². The van der Waals surface area contributed by atoms with E-state index in [0.29, 0.717) is 44.4 Å². The van der Waals surface area contributed by atoms with Crippen molar-refractivity contribution in [1.29, 1.82) is 0 Å². The molecule has 7 aliphatic rings. The molecular weight excluding hydrogens is 632 g/mol. The summed E-state index contributed by atoms with van der Waals surface area (Å²) < 4.78 is 19.7. The molecule has 0 radical (unpaired) electrons. The molecule has 2 spiro atoms. The summed E-state index contributed by atoms with van der Waals surface area (Å²) in [6, 6.07) is 3.82. The van der Waals surface area contributed by atoms with E-state index < -0.39 is 30.2 Å². The van der Waals surface area contributed by atoms with Gasteiger partial charge in [0.25, 0.3) is 0 Å². The lowest BCUT2D eigenvalue weighted by atomic mass is 9.41. The van der Waals surface area contributed by atoms with Crippen LogP contribution in [-0.2, 0) is 25.4 Å². The SMILES string of the molecule is CC1CC([C@H](O)C(C)(C)O)OC2C1[C@@]1(C)CC[C@@]34C[C@@]35CC[C@H](OC3CN(C(=O)Cc6cccnc6)CCO3)C(C)(C)C5CC[C@H]4[C@]1(C)[C@H]2O. The normalized spacial score (nSPS) is 48.4. The summed E-state index contributed by atoms with van der Waals surface area (Å²) in [4.78, 5) is 19.2. The minimum atomic E-state index is -1.26. The van der Waals surface area contributed by atoms with Crippen LogP contribution in [0.5, 0.6) is 0 Å². The van der Waals surface area contributed by atoms with Gasteiger partial charge in [-0.3, -0.25) is 9.78 Å². The van der Waals surface area contributed by atoms with Crippen molar-refractivity contribution < 1.29 is 34.3 Å². The Hall–Kier alpha value is -1.62. The van der Waals surface area contributed by atoms with E-state index >= 15 is 0 Å². The molecule has 2 aliphatic heterocycles. The van der Waals surface area contributed by atoms with Gasteiger partial charge in [-0.2, -0.15) is 0 Å². The van der Waals surface area contributed by atoms with Crippen molar-refractivity contribution in [2.75, 3.05) is 19.7 Å². The molecule has 9 nitrogen and oxygen atoms in total. The van der Waals surface area contributed by atoms with Crippen molar-refractivity contribution in [3.63, 3.8) is 0 Å². The number of aliphatic hydroxyl groups is 3. The highest BCUT2D eigenvalue weighted by Gasteiger charge is 2.84. The number of morpholine rings is 1. The van der Waals surface area contributed by atoms with Crippen molar-refractivity contribution in [1.82, 2.24) is 9.88 Å². The Balaban J connectivity index is 0.985. The Bertz CT molecular complexity index is 1470. The molecule has 9 heteroatoms. The third-order valence-corrected chi connectivity index (χ3v) is 16.6. The number of pyridine rings is 1. The van der Waals surface area contributed by atoms with E-state index in [-0.39, 0.29) is 57.0 Å². The van der Waals surface area contributed by atoms with E-state index in [9.17, 15) is 20.1 Å². The van der Waals surface area contributed by atoms with E-state index in [4.69, 9.17) is 14.2 Å². The number of aliphatic hydroxyl groups excluding tert-OH is 2. The first-order valence-corrected chi connectivity index (χ1v) is 19.7. The standard InChI is InChI=1S/C41H62N2O7/c1-24-19-26(34(45)37(4,5)47)49-33-32(24)38(6)14-15-41-23-40(41)13-12-29(36(2,3)27(40)10-11-28(41)39(38,7)35(33)46)50-31-22-43(17-18-48-31)30(44)20-25-9-8-16-42-21-25/h8-9,16,21,24,26-29,31-35,45-47H,10-15,17-20,22-23H2,1-7H3/t24?,26?,27?,28-,29-,31?,32?,33?,34-,35-,38+,39+,40+,41-/m0/s1. The van der Waals surface area contributed by atoms with Gasteiger partial charge in [0, 0.05) is 24.4 Å². The van der Waals surface area contributed by atoms with Crippen LogP contribution < -0.4 is 0 Å². The van der Waals surface area contributed by atoms with E-state index in [1.807, 2.05) is 17.0 Å². The molecule has 14 atom stereocenters. The Morgan fingerprint density at radius 3 is 2.58 bits per heavy atom. The van der Waals surface area contributed by atoms with Crippen molar-refractivity contribution in [3.05, 3.63) is 30.1 Å². The molecule has 7 fully saturated rings. The number of carbonyl (C=O) groups excluding carboxylic acids is 1. The maximum absolute atomic E-state index is 13.2. The minimum absolute atomic E-state index is 0.0416. The smallest absolute Gasteiger partial charge is 0.227 e. The maximum Gasteiger partial charge on any atom is 0.227 e. The second-order valence-electron chi connectivity index (χ2n) is 19.5. The molecule has 278 valence electrons. The molecule has 2 saturated heterocycles. The minimum Gasteiger partial charge on any atom is -0.390 e. The van der Waals surface area contributed by atoms with Gasteiger partial charge in [0.1, 0.15) is 6.10 Å². The van der Waals surface area contributed by atoms with Crippen LogP contribution in [0.1, 0.15) is 105 Å². The van der Waals surface area contributed by atoms with Crippen molar-refractivity contribution >= 4 is 5.91 Å². The molecule has 50 heavy (non-hydrogen) atoms. The van der Waals surface area contributed by atoms with Crippen LogP contribution in [0.2, 0.25) is 0 Å². The summed E-state index contributed by atoms with van der Waals surface area (Å²) in [5.41, 5.74) is -0.222. The van der Waals surface area contributed by atoms with Gasteiger partial charge in [0.2, 0.25) is 5.91 Å². The first-order chi connectivity index (χ1) is 23.5. The van der Waals surface area contributed by atoms with Crippen molar-refractivity contribution in [2.45, 2.75) is 149 Å². The van der Waals surface area contributed by atoms with Gasteiger partial charge in [-0.1, -0.05) is 40.7 Å². The van der Waals surface area contributed by atoms with Gasteiger partial charge in [-0.15, -0.1) is 0 Å². The number of fused-ring (bicyclic) bond motifs is 4. The Labute approximate surface area is 298 Å². The number of rotatable bonds is 6. The lowest BCUT2D eigenvalue weighted by Gasteiger charge is -2.64. The predicted molar refractivity (Wildman–Crippen MR) is 188 cm³/mol. The number of amides is 1. The van der Waals surface area contributed by atoms with Gasteiger partial charge < -0.3 is 34.4 Å². The highest BCUT2D eigenvalue weighted by Crippen LogP contribution is 2.89. The van der Waals surface area contributed by atoms with E-state index in [1.165, 1.54) is 12.8 Å². The number of aromatic nitrogens is 1. The third kappa shape index (κ3) is 4.85. The third-order valence-electron chi connectivity index (χ3n) is 16.6. The maximum atomic E-state index is 13.2. The number of ether oxygens (including phenoxy) is 3. The van der Waals surface area contributed by atoms with Crippen molar-refractivity contribution in [3.8, 4) is 0 Å². The van der Waals surface area contributed by atoms with E-state index in [0.717, 1.165) is 37.7 Å². The van der Waals surface area contributed by atoms with Gasteiger partial charge in [-0.05, 0) is 122 Å². The quantitative estimate of drug-likeness (QED) is 0.375. The largest absolute Gasteiger partial charge is 0.390 e. The fourth-order valence-electron chi connectivity index (χ4n) is 14.1. The topological polar surface area (TPSA) is 122 Å².